The van der Waals surface area contributed by atoms with Gasteiger partial charge in [0, 0.05) is 18.3 Å². The van der Waals surface area contributed by atoms with Crippen LogP contribution in [0.1, 0.15) is 50.4 Å². The quantitative estimate of drug-likeness (QED) is 0.803. The van der Waals surface area contributed by atoms with Crippen molar-refractivity contribution in [3.8, 4) is 0 Å². The highest BCUT2D eigenvalue weighted by molar-refractivity contribution is 6.01. The Bertz CT molecular complexity index is 1080. The summed E-state index contributed by atoms with van der Waals surface area (Å²) in [7, 11) is 0. The molecule has 2 aliphatic rings. The number of rotatable bonds is 4. The highest BCUT2D eigenvalue weighted by Gasteiger charge is 2.45. The topological polar surface area (TPSA) is 79.5 Å². The number of hydrogen-bond donors (Lipinski definition) is 1. The molecule has 1 fully saturated rings. The highest BCUT2D eigenvalue weighted by atomic mass is 16.2. The van der Waals surface area contributed by atoms with Gasteiger partial charge in [-0.1, -0.05) is 23.8 Å². The van der Waals surface area contributed by atoms with Crippen LogP contribution in [0.3, 0.4) is 0 Å². The molecule has 2 amide bonds. The van der Waals surface area contributed by atoms with Gasteiger partial charge in [0.25, 0.3) is 0 Å². The molecule has 2 N–H and O–H groups in total. The third-order valence-corrected chi connectivity index (χ3v) is 6.77. The van der Waals surface area contributed by atoms with E-state index in [1.807, 2.05) is 35.2 Å². The number of primary amides is 1. The summed E-state index contributed by atoms with van der Waals surface area (Å²) in [6, 6.07) is 11.8. The minimum atomic E-state index is -0.872. The number of anilines is 1. The normalized spacial score (nSPS) is 22.8. The smallest absolute Gasteiger partial charge is 0.241 e. The molecule has 0 aliphatic carbocycles. The third kappa shape index (κ3) is 3.84. The van der Waals surface area contributed by atoms with Gasteiger partial charge in [-0.2, -0.15) is 0 Å². The first-order valence-corrected chi connectivity index (χ1v) is 11.2. The van der Waals surface area contributed by atoms with Crippen LogP contribution >= 0.6 is 0 Å². The fourth-order valence-electron chi connectivity index (χ4n) is 5.32. The first-order chi connectivity index (χ1) is 15.1. The standard InChI is InChI=1S/C26H32N4O2/c1-18-9-10-21-20(14-18)19(2)15-25(3,4)30(21)23(31)16-29-13-7-11-26(17-29,24(27)32)22-8-5-6-12-28-22/h5-6,8-10,12,14-15H,7,11,13,16-17H2,1-4H3,(H2,27,32)/t26-/m1/s1. The average molecular weight is 433 g/mol. The third-order valence-electron chi connectivity index (χ3n) is 6.77. The molecule has 168 valence electrons. The molecule has 6 heteroatoms. The number of benzene rings is 1. The summed E-state index contributed by atoms with van der Waals surface area (Å²) < 4.78 is 0. The number of aromatic nitrogens is 1. The maximum atomic E-state index is 13.7. The molecule has 0 unspecified atom stereocenters. The fourth-order valence-corrected chi connectivity index (χ4v) is 5.32. The van der Waals surface area contributed by atoms with Crippen LogP contribution in [0.25, 0.3) is 5.57 Å². The monoisotopic (exact) mass is 432 g/mol. The first-order valence-electron chi connectivity index (χ1n) is 11.2. The molecule has 1 saturated heterocycles. The molecule has 2 aromatic rings. The molecule has 1 atom stereocenters. The van der Waals surface area contributed by atoms with Crippen molar-refractivity contribution >= 4 is 23.1 Å². The summed E-state index contributed by atoms with van der Waals surface area (Å²) in [4.78, 5) is 34.7. The van der Waals surface area contributed by atoms with Gasteiger partial charge in [-0.15, -0.1) is 0 Å². The van der Waals surface area contributed by atoms with Crippen molar-refractivity contribution in [2.75, 3.05) is 24.5 Å². The summed E-state index contributed by atoms with van der Waals surface area (Å²) in [5.74, 6) is -0.365. The SMILES string of the molecule is CC1=CC(C)(C)N(C(=O)CN2CCC[C@](C(N)=O)(c3ccccn3)C2)c2ccc(C)cc21. The van der Waals surface area contributed by atoms with Crippen molar-refractivity contribution in [2.24, 2.45) is 5.73 Å². The van der Waals surface area contributed by atoms with Gasteiger partial charge in [0.2, 0.25) is 11.8 Å². The number of hydrogen-bond acceptors (Lipinski definition) is 4. The Kier molecular flexibility index (Phi) is 5.67. The number of aryl methyl sites for hydroxylation is 1. The Balaban J connectivity index is 1.62. The van der Waals surface area contributed by atoms with Crippen molar-refractivity contribution in [3.63, 3.8) is 0 Å². The van der Waals surface area contributed by atoms with Gasteiger partial charge >= 0.3 is 0 Å². The van der Waals surface area contributed by atoms with Gasteiger partial charge < -0.3 is 10.6 Å². The minimum Gasteiger partial charge on any atom is -0.369 e. The van der Waals surface area contributed by atoms with Crippen LogP contribution in [-0.4, -0.2) is 46.9 Å². The number of piperidine rings is 1. The summed E-state index contributed by atoms with van der Waals surface area (Å²) in [6.07, 6.45) is 5.27. The zero-order valence-corrected chi connectivity index (χ0v) is 19.4. The lowest BCUT2D eigenvalue weighted by Crippen LogP contribution is -2.57. The molecule has 32 heavy (non-hydrogen) atoms. The van der Waals surface area contributed by atoms with Crippen molar-refractivity contribution in [1.82, 2.24) is 9.88 Å². The predicted octanol–water partition coefficient (Wildman–Crippen LogP) is 3.44. The number of pyridine rings is 1. The van der Waals surface area contributed by atoms with E-state index in [0.29, 0.717) is 18.7 Å². The second-order valence-electron chi connectivity index (χ2n) is 9.71. The first kappa shape index (κ1) is 22.2. The van der Waals surface area contributed by atoms with Gasteiger partial charge in [-0.3, -0.25) is 19.5 Å². The summed E-state index contributed by atoms with van der Waals surface area (Å²) >= 11 is 0. The van der Waals surface area contributed by atoms with Crippen LogP contribution < -0.4 is 10.6 Å². The number of likely N-dealkylation sites (tertiary alicyclic amines) is 1. The average Bonchev–Trinajstić information content (AvgIpc) is 2.74. The van der Waals surface area contributed by atoms with Gasteiger partial charge in [-0.05, 0) is 76.9 Å². The Morgan fingerprint density at radius 3 is 2.62 bits per heavy atom. The van der Waals surface area contributed by atoms with Gasteiger partial charge in [0.05, 0.1) is 23.5 Å². The Morgan fingerprint density at radius 1 is 1.16 bits per heavy atom. The second-order valence-corrected chi connectivity index (χ2v) is 9.71. The van der Waals surface area contributed by atoms with E-state index >= 15 is 0 Å². The highest BCUT2D eigenvalue weighted by Crippen LogP contribution is 2.40. The van der Waals surface area contributed by atoms with E-state index < -0.39 is 11.0 Å². The number of allylic oxidation sites excluding steroid dienone is 1. The Hall–Kier alpha value is -2.99. The number of fused-ring (bicyclic) bond motifs is 1. The maximum Gasteiger partial charge on any atom is 0.241 e. The largest absolute Gasteiger partial charge is 0.369 e. The van der Waals surface area contributed by atoms with Gasteiger partial charge in [-0.25, -0.2) is 0 Å². The van der Waals surface area contributed by atoms with E-state index in [9.17, 15) is 9.59 Å². The van der Waals surface area contributed by atoms with Crippen molar-refractivity contribution in [2.45, 2.75) is 51.5 Å². The van der Waals surface area contributed by atoms with Crippen molar-refractivity contribution in [1.29, 1.82) is 0 Å². The van der Waals surface area contributed by atoms with Gasteiger partial charge in [0.15, 0.2) is 0 Å². The van der Waals surface area contributed by atoms with Crippen LogP contribution in [0.15, 0.2) is 48.7 Å². The Morgan fingerprint density at radius 2 is 1.94 bits per heavy atom. The molecule has 2 aliphatic heterocycles. The summed E-state index contributed by atoms with van der Waals surface area (Å²) in [5, 5.41) is 0. The van der Waals surface area contributed by atoms with E-state index in [0.717, 1.165) is 24.2 Å². The molecule has 1 aromatic heterocycles. The molecule has 0 bridgehead atoms. The van der Waals surface area contributed by atoms with Crippen molar-refractivity contribution < 1.29 is 9.59 Å². The number of carbonyl (C=O) groups is 2. The molecule has 3 heterocycles. The lowest BCUT2D eigenvalue weighted by atomic mass is 9.76. The van der Waals surface area contributed by atoms with Crippen LogP contribution in [-0.2, 0) is 15.0 Å². The van der Waals surface area contributed by atoms with E-state index in [2.05, 4.69) is 49.7 Å². The number of carbonyl (C=O) groups excluding carboxylic acids is 2. The van der Waals surface area contributed by atoms with E-state index in [-0.39, 0.29) is 18.4 Å². The predicted molar refractivity (Wildman–Crippen MR) is 127 cm³/mol. The molecule has 0 saturated carbocycles. The van der Waals surface area contributed by atoms with Crippen molar-refractivity contribution in [3.05, 3.63) is 65.5 Å². The van der Waals surface area contributed by atoms with Gasteiger partial charge in [0.1, 0.15) is 5.41 Å². The Labute approximate surface area is 190 Å². The molecule has 0 spiro atoms. The van der Waals surface area contributed by atoms with Crippen LogP contribution in [0, 0.1) is 6.92 Å². The number of nitrogens with zero attached hydrogens (tertiary/aromatic N) is 3. The molecule has 4 rings (SSSR count). The lowest BCUT2D eigenvalue weighted by molar-refractivity contribution is -0.128. The van der Waals surface area contributed by atoms with Crippen LogP contribution in [0.2, 0.25) is 0 Å². The summed E-state index contributed by atoms with van der Waals surface area (Å²) in [5.41, 5.74) is 9.64. The molecule has 0 radical (unpaired) electrons. The molecule has 1 aromatic carbocycles. The maximum absolute atomic E-state index is 13.7. The second kappa shape index (κ2) is 8.17. The molecule has 6 nitrogen and oxygen atoms in total. The van der Waals surface area contributed by atoms with E-state index in [1.165, 1.54) is 11.1 Å². The summed E-state index contributed by atoms with van der Waals surface area (Å²) in [6.45, 7) is 9.66. The lowest BCUT2D eigenvalue weighted by Gasteiger charge is -2.44. The molecular formula is C26H32N4O2. The van der Waals surface area contributed by atoms with Crippen LogP contribution in [0.5, 0.6) is 0 Å². The fraction of sp³-hybridized carbons (Fsp3) is 0.423. The molecular weight excluding hydrogens is 400 g/mol. The van der Waals surface area contributed by atoms with Crippen LogP contribution in [0.4, 0.5) is 5.69 Å². The van der Waals surface area contributed by atoms with E-state index in [1.54, 1.807) is 6.20 Å². The number of amides is 2. The number of nitrogens with two attached hydrogens (primary N) is 1. The zero-order valence-electron chi connectivity index (χ0n) is 19.4. The van der Waals surface area contributed by atoms with E-state index in [4.69, 9.17) is 5.73 Å². The zero-order chi connectivity index (χ0) is 23.1. The minimum absolute atomic E-state index is 0.0187.